The van der Waals surface area contributed by atoms with Gasteiger partial charge in [-0.1, -0.05) is 12.8 Å². The third kappa shape index (κ3) is 2.38. The van der Waals surface area contributed by atoms with E-state index < -0.39 is 11.5 Å². The number of likely N-dealkylation sites (tertiary alicyclic amines) is 1. The molecule has 2 fully saturated rings. The number of carbonyl (C=O) groups is 1. The fourth-order valence-corrected chi connectivity index (χ4v) is 2.98. The minimum absolute atomic E-state index is 0.610. The Morgan fingerprint density at radius 3 is 2.69 bits per heavy atom. The number of nitrogens with one attached hydrogen (secondary N) is 1. The minimum Gasteiger partial charge on any atom is -0.480 e. The molecule has 1 atom stereocenters. The Bertz CT molecular complexity index is 262. The van der Waals surface area contributed by atoms with Crippen molar-refractivity contribution >= 4 is 5.97 Å². The Balaban J connectivity index is 1.85. The summed E-state index contributed by atoms with van der Waals surface area (Å²) in [7, 11) is 2.13. The Labute approximate surface area is 97.0 Å². The summed E-state index contributed by atoms with van der Waals surface area (Å²) in [6.07, 6.45) is 4.88. The Hall–Kier alpha value is -0.610. The van der Waals surface area contributed by atoms with Crippen LogP contribution in [0.2, 0.25) is 0 Å². The van der Waals surface area contributed by atoms with E-state index in [1.54, 1.807) is 0 Å². The van der Waals surface area contributed by atoms with Gasteiger partial charge in [0.2, 0.25) is 0 Å². The van der Waals surface area contributed by atoms with Crippen molar-refractivity contribution in [2.24, 2.45) is 5.92 Å². The van der Waals surface area contributed by atoms with E-state index in [0.29, 0.717) is 5.92 Å². The van der Waals surface area contributed by atoms with Gasteiger partial charge in [-0.2, -0.15) is 0 Å². The summed E-state index contributed by atoms with van der Waals surface area (Å²) in [4.78, 5) is 13.6. The van der Waals surface area contributed by atoms with Crippen molar-refractivity contribution < 1.29 is 9.90 Å². The standard InChI is InChI=1S/C12H22N2O2/c1-14-7-4-10(9-14)8-13-12(11(15)16)5-2-3-6-12/h10,13H,2-9H2,1H3,(H,15,16). The van der Waals surface area contributed by atoms with Crippen LogP contribution >= 0.6 is 0 Å². The van der Waals surface area contributed by atoms with E-state index in [2.05, 4.69) is 17.3 Å². The number of nitrogens with zero attached hydrogens (tertiary/aromatic N) is 1. The third-order valence-corrected chi connectivity index (χ3v) is 4.08. The van der Waals surface area contributed by atoms with Crippen molar-refractivity contribution in [3.05, 3.63) is 0 Å². The molecular weight excluding hydrogens is 204 g/mol. The largest absolute Gasteiger partial charge is 0.480 e. The quantitative estimate of drug-likeness (QED) is 0.748. The molecule has 2 N–H and O–H groups in total. The van der Waals surface area contributed by atoms with Crippen molar-refractivity contribution in [2.75, 3.05) is 26.7 Å². The zero-order chi connectivity index (χ0) is 11.6. The maximum Gasteiger partial charge on any atom is 0.323 e. The van der Waals surface area contributed by atoms with Crippen molar-refractivity contribution in [2.45, 2.75) is 37.6 Å². The zero-order valence-electron chi connectivity index (χ0n) is 10.0. The molecular formula is C12H22N2O2. The van der Waals surface area contributed by atoms with Crippen molar-refractivity contribution in [3.8, 4) is 0 Å². The molecule has 2 aliphatic rings. The van der Waals surface area contributed by atoms with E-state index in [-0.39, 0.29) is 0 Å². The number of carboxylic acid groups (broad SMARTS) is 1. The van der Waals surface area contributed by atoms with E-state index in [9.17, 15) is 9.90 Å². The van der Waals surface area contributed by atoms with E-state index >= 15 is 0 Å². The second kappa shape index (κ2) is 4.72. The van der Waals surface area contributed by atoms with E-state index in [1.165, 1.54) is 6.42 Å². The molecule has 0 aromatic carbocycles. The predicted octanol–water partition coefficient (Wildman–Crippen LogP) is 0.925. The van der Waals surface area contributed by atoms with Gasteiger partial charge in [0.25, 0.3) is 0 Å². The average Bonchev–Trinajstić information content (AvgIpc) is 2.84. The lowest BCUT2D eigenvalue weighted by Crippen LogP contribution is -2.51. The van der Waals surface area contributed by atoms with Crippen LogP contribution in [0.4, 0.5) is 0 Å². The molecule has 1 unspecified atom stereocenters. The number of rotatable bonds is 4. The first kappa shape index (κ1) is 11.9. The third-order valence-electron chi connectivity index (χ3n) is 4.08. The van der Waals surface area contributed by atoms with Crippen LogP contribution in [-0.2, 0) is 4.79 Å². The van der Waals surface area contributed by atoms with Crippen LogP contribution in [0.25, 0.3) is 0 Å². The van der Waals surface area contributed by atoms with Gasteiger partial charge in [0.05, 0.1) is 0 Å². The molecule has 1 aliphatic heterocycles. The van der Waals surface area contributed by atoms with Gasteiger partial charge in [0.15, 0.2) is 0 Å². The average molecular weight is 226 g/mol. The van der Waals surface area contributed by atoms with Gasteiger partial charge in [0.1, 0.15) is 5.54 Å². The van der Waals surface area contributed by atoms with Crippen molar-refractivity contribution in [1.82, 2.24) is 10.2 Å². The van der Waals surface area contributed by atoms with Gasteiger partial charge in [-0.3, -0.25) is 4.79 Å². The summed E-state index contributed by atoms with van der Waals surface area (Å²) >= 11 is 0. The fourth-order valence-electron chi connectivity index (χ4n) is 2.98. The van der Waals surface area contributed by atoms with Gasteiger partial charge in [-0.05, 0) is 38.8 Å². The summed E-state index contributed by atoms with van der Waals surface area (Å²) < 4.78 is 0. The molecule has 0 radical (unpaired) electrons. The molecule has 0 aromatic heterocycles. The monoisotopic (exact) mass is 226 g/mol. The maximum atomic E-state index is 11.3. The van der Waals surface area contributed by atoms with Gasteiger partial charge in [0, 0.05) is 13.1 Å². The molecule has 1 saturated heterocycles. The Morgan fingerprint density at radius 2 is 2.19 bits per heavy atom. The summed E-state index contributed by atoms with van der Waals surface area (Å²) in [5.41, 5.74) is -0.610. The highest BCUT2D eigenvalue weighted by Gasteiger charge is 2.41. The SMILES string of the molecule is CN1CCC(CNC2(C(=O)O)CCCC2)C1. The molecule has 1 saturated carbocycles. The van der Waals surface area contributed by atoms with E-state index in [1.807, 2.05) is 0 Å². The molecule has 0 amide bonds. The molecule has 0 bridgehead atoms. The number of carboxylic acids is 1. The highest BCUT2D eigenvalue weighted by atomic mass is 16.4. The highest BCUT2D eigenvalue weighted by Crippen LogP contribution is 2.30. The molecule has 92 valence electrons. The molecule has 4 nitrogen and oxygen atoms in total. The molecule has 4 heteroatoms. The van der Waals surface area contributed by atoms with Gasteiger partial charge in [-0.15, -0.1) is 0 Å². The molecule has 1 heterocycles. The Kier molecular flexibility index (Phi) is 3.50. The minimum atomic E-state index is -0.656. The first-order chi connectivity index (χ1) is 7.62. The van der Waals surface area contributed by atoms with Gasteiger partial charge < -0.3 is 15.3 Å². The summed E-state index contributed by atoms with van der Waals surface area (Å²) in [6, 6.07) is 0. The van der Waals surface area contributed by atoms with Crippen LogP contribution in [0.3, 0.4) is 0 Å². The highest BCUT2D eigenvalue weighted by molar-refractivity contribution is 5.79. The van der Waals surface area contributed by atoms with Crippen molar-refractivity contribution in [3.63, 3.8) is 0 Å². The number of hydrogen-bond donors (Lipinski definition) is 2. The van der Waals surface area contributed by atoms with E-state index in [4.69, 9.17) is 0 Å². The summed E-state index contributed by atoms with van der Waals surface area (Å²) in [5, 5.41) is 12.6. The van der Waals surface area contributed by atoms with Crippen LogP contribution in [-0.4, -0.2) is 48.2 Å². The molecule has 2 rings (SSSR count). The summed E-state index contributed by atoms with van der Waals surface area (Å²) in [5.74, 6) is -0.0295. The van der Waals surface area contributed by atoms with Crippen LogP contribution in [0.15, 0.2) is 0 Å². The first-order valence-electron chi connectivity index (χ1n) is 6.29. The lowest BCUT2D eigenvalue weighted by atomic mass is 9.96. The van der Waals surface area contributed by atoms with E-state index in [0.717, 1.165) is 45.3 Å². The molecule has 0 spiro atoms. The van der Waals surface area contributed by atoms with Crippen LogP contribution in [0, 0.1) is 5.92 Å². The second-order valence-corrected chi connectivity index (χ2v) is 5.39. The molecule has 1 aliphatic carbocycles. The Morgan fingerprint density at radius 1 is 1.50 bits per heavy atom. The predicted molar refractivity (Wildman–Crippen MR) is 62.4 cm³/mol. The number of hydrogen-bond acceptors (Lipinski definition) is 3. The topological polar surface area (TPSA) is 52.6 Å². The molecule has 16 heavy (non-hydrogen) atoms. The zero-order valence-corrected chi connectivity index (χ0v) is 10.0. The smallest absolute Gasteiger partial charge is 0.323 e. The normalized spacial score (nSPS) is 29.7. The second-order valence-electron chi connectivity index (χ2n) is 5.39. The van der Waals surface area contributed by atoms with Crippen LogP contribution in [0.5, 0.6) is 0 Å². The van der Waals surface area contributed by atoms with Gasteiger partial charge in [-0.25, -0.2) is 0 Å². The fraction of sp³-hybridized carbons (Fsp3) is 0.917. The lowest BCUT2D eigenvalue weighted by Gasteiger charge is -2.27. The maximum absolute atomic E-state index is 11.3. The lowest BCUT2D eigenvalue weighted by molar-refractivity contribution is -0.144. The number of aliphatic carboxylic acids is 1. The van der Waals surface area contributed by atoms with Crippen molar-refractivity contribution in [1.29, 1.82) is 0 Å². The van der Waals surface area contributed by atoms with Gasteiger partial charge >= 0.3 is 5.97 Å². The molecule has 0 aromatic rings. The van der Waals surface area contributed by atoms with Crippen LogP contribution < -0.4 is 5.32 Å². The summed E-state index contributed by atoms with van der Waals surface area (Å²) in [6.45, 7) is 3.10. The van der Waals surface area contributed by atoms with Crippen LogP contribution in [0.1, 0.15) is 32.1 Å². The first-order valence-corrected chi connectivity index (χ1v) is 6.29.